The number of quaternary nitrogens is 2. The summed E-state index contributed by atoms with van der Waals surface area (Å²) >= 11 is 0. The second kappa shape index (κ2) is 14.5. The third-order valence-electron chi connectivity index (χ3n) is 6.61. The number of aliphatic hydroxyl groups excluding tert-OH is 1. The summed E-state index contributed by atoms with van der Waals surface area (Å²) in [7, 11) is 5.34. The maximum atomic E-state index is 13.3. The molecule has 0 aliphatic carbocycles. The van der Waals surface area contributed by atoms with Gasteiger partial charge in [-0.05, 0) is 42.9 Å². The minimum Gasteiger partial charge on any atom is -0.744 e. The predicted octanol–water partition coefficient (Wildman–Crippen LogP) is -1.79. The molecule has 10 nitrogen and oxygen atoms in total. The van der Waals surface area contributed by atoms with E-state index in [4.69, 9.17) is 5.73 Å². The van der Waals surface area contributed by atoms with Gasteiger partial charge in [0, 0.05) is 11.3 Å². The summed E-state index contributed by atoms with van der Waals surface area (Å²) in [5.41, 5.74) is 5.49. The largest absolute Gasteiger partial charge is 1.00 e. The number of primary amides is 1. The van der Waals surface area contributed by atoms with E-state index in [1.165, 1.54) is 12.1 Å². The van der Waals surface area contributed by atoms with Crippen LogP contribution >= 0.6 is 0 Å². The van der Waals surface area contributed by atoms with Gasteiger partial charge < -0.3 is 29.7 Å². The summed E-state index contributed by atoms with van der Waals surface area (Å²) in [6.45, 7) is 6.91. The molecule has 0 saturated carbocycles. The van der Waals surface area contributed by atoms with E-state index in [9.17, 15) is 27.7 Å². The quantitative estimate of drug-likeness (QED) is 0.0989. The molecular weight excluding hydrogens is 519 g/mol. The molecule has 0 aromatic heterocycles. The van der Waals surface area contributed by atoms with Gasteiger partial charge in [0.1, 0.15) is 23.2 Å². The van der Waals surface area contributed by atoms with Gasteiger partial charge >= 0.3 is 29.6 Å². The number of benzene rings is 1. The Hall–Kier alpha value is -1.05. The molecular formula is C26H47N4NaO6S+2. The summed E-state index contributed by atoms with van der Waals surface area (Å²) < 4.78 is 35.1. The Kier molecular flexibility index (Phi) is 14.1. The zero-order valence-electron chi connectivity index (χ0n) is 24.7. The minimum absolute atomic E-state index is 0. The molecule has 0 spiro atoms. The maximum Gasteiger partial charge on any atom is 1.00 e. The summed E-state index contributed by atoms with van der Waals surface area (Å²) in [6.07, 6.45) is 0.784. The molecule has 0 aliphatic rings. The van der Waals surface area contributed by atoms with Crippen LogP contribution in [0.2, 0.25) is 0 Å². The molecule has 0 fully saturated rings. The van der Waals surface area contributed by atoms with Crippen molar-refractivity contribution in [2.75, 3.05) is 55.0 Å². The monoisotopic (exact) mass is 566 g/mol. The van der Waals surface area contributed by atoms with E-state index in [0.29, 0.717) is 48.0 Å². The van der Waals surface area contributed by atoms with Gasteiger partial charge in [-0.1, -0.05) is 32.9 Å². The van der Waals surface area contributed by atoms with Crippen molar-refractivity contribution in [3.8, 4) is 0 Å². The molecule has 1 aromatic rings. The molecule has 0 heterocycles. The number of hydrogen-bond acceptors (Lipinski definition) is 6. The number of nitrogens with zero attached hydrogens (tertiary/aromatic N) is 2. The Balaban J connectivity index is 0.0000137. The Morgan fingerprint density at radius 1 is 1.08 bits per heavy atom. The predicted molar refractivity (Wildman–Crippen MR) is 142 cm³/mol. The van der Waals surface area contributed by atoms with Gasteiger partial charge in [-0.25, -0.2) is 8.42 Å². The average Bonchev–Trinajstić information content (AvgIpc) is 2.72. The second-order valence-corrected chi connectivity index (χ2v) is 13.8. The number of likely N-dealkylation sites (N-methyl/N-ethyl adjacent to an activating group) is 2. The summed E-state index contributed by atoms with van der Waals surface area (Å²) in [5, 5.41) is 13.5. The first kappa shape index (κ1) is 37.0. The fourth-order valence-electron chi connectivity index (χ4n) is 4.63. The molecule has 0 aliphatic heterocycles. The molecule has 4 N–H and O–H groups in total. The van der Waals surface area contributed by atoms with Gasteiger partial charge in [-0.2, -0.15) is 0 Å². The molecule has 0 bridgehead atoms. The van der Waals surface area contributed by atoms with E-state index in [0.717, 1.165) is 5.56 Å². The third kappa shape index (κ3) is 12.9. The molecule has 38 heavy (non-hydrogen) atoms. The number of rotatable bonds is 15. The third-order valence-corrected chi connectivity index (χ3v) is 7.46. The van der Waals surface area contributed by atoms with Crippen LogP contribution in [0.25, 0.3) is 0 Å². The molecule has 3 unspecified atom stereocenters. The van der Waals surface area contributed by atoms with Gasteiger partial charge in [-0.3, -0.25) is 9.59 Å². The van der Waals surface area contributed by atoms with Crippen molar-refractivity contribution in [3.63, 3.8) is 0 Å². The van der Waals surface area contributed by atoms with Crippen LogP contribution in [0.4, 0.5) is 0 Å². The minimum atomic E-state index is -4.58. The Morgan fingerprint density at radius 3 is 2.03 bits per heavy atom. The average molecular weight is 567 g/mol. The van der Waals surface area contributed by atoms with E-state index < -0.39 is 33.5 Å². The standard InChI is InChI=1S/C26H46N4O6S.Na/c1-9-19(24(27)32)14-21(20-10-12-23(13-11-20)37(34,35)36)15-26(2,3)25(33)28-18-30(7,8)17-22(31)16-29(4,5)6;/h10-13,19,21-22,31H,9,14-18H2,1-8H3,(H2-2,27,28,32,33,34,35,36);/q;+1/p+1. The number of carbonyl (C=O) groups excluding carboxylic acids is 2. The van der Waals surface area contributed by atoms with E-state index in [1.807, 2.05) is 56.0 Å². The maximum absolute atomic E-state index is 13.3. The van der Waals surface area contributed by atoms with Crippen LogP contribution in [0.3, 0.4) is 0 Å². The van der Waals surface area contributed by atoms with Gasteiger partial charge in [-0.15, -0.1) is 0 Å². The van der Waals surface area contributed by atoms with Crippen LogP contribution in [0, 0.1) is 11.3 Å². The summed E-state index contributed by atoms with van der Waals surface area (Å²) in [5.74, 6) is -1.28. The molecule has 3 atom stereocenters. The van der Waals surface area contributed by atoms with Crippen molar-refractivity contribution < 1.29 is 66.2 Å². The first-order valence-corrected chi connectivity index (χ1v) is 14.0. The van der Waals surface area contributed by atoms with Crippen molar-refractivity contribution in [3.05, 3.63) is 29.8 Å². The van der Waals surface area contributed by atoms with Crippen molar-refractivity contribution in [1.82, 2.24) is 5.32 Å². The Morgan fingerprint density at radius 2 is 1.61 bits per heavy atom. The number of nitrogens with one attached hydrogen (secondary N) is 1. The van der Waals surface area contributed by atoms with Crippen LogP contribution in [0.1, 0.15) is 51.5 Å². The van der Waals surface area contributed by atoms with Gasteiger partial charge in [0.15, 0.2) is 12.8 Å². The van der Waals surface area contributed by atoms with E-state index >= 15 is 0 Å². The van der Waals surface area contributed by atoms with Gasteiger partial charge in [0.25, 0.3) is 0 Å². The number of hydrogen-bond donors (Lipinski definition) is 3. The molecule has 2 amide bonds. The smallest absolute Gasteiger partial charge is 0.744 e. The van der Waals surface area contributed by atoms with Crippen LogP contribution < -0.4 is 40.6 Å². The SMILES string of the molecule is CCC(CC(CC(C)(C)C(=O)NC[N+](C)(C)CC(O)C[N+](C)(C)C)c1ccc(S(=O)(=O)[O-])cc1)C(N)=O.[Na+]. The molecule has 0 radical (unpaired) electrons. The van der Waals surface area contributed by atoms with Gasteiger partial charge in [0.2, 0.25) is 11.8 Å². The van der Waals surface area contributed by atoms with E-state index in [-0.39, 0.29) is 46.3 Å². The first-order chi connectivity index (χ1) is 16.7. The first-order valence-electron chi connectivity index (χ1n) is 12.6. The zero-order valence-corrected chi connectivity index (χ0v) is 27.5. The summed E-state index contributed by atoms with van der Waals surface area (Å²) in [4.78, 5) is 24.9. The van der Waals surface area contributed by atoms with Gasteiger partial charge in [0.05, 0.1) is 40.1 Å². The molecule has 12 heteroatoms. The van der Waals surface area contributed by atoms with Crippen molar-refractivity contribution in [2.24, 2.45) is 17.1 Å². The normalized spacial score (nSPS) is 15.2. The van der Waals surface area contributed by atoms with E-state index in [2.05, 4.69) is 5.32 Å². The Labute approximate surface area is 251 Å². The van der Waals surface area contributed by atoms with Crippen molar-refractivity contribution in [1.29, 1.82) is 0 Å². The van der Waals surface area contributed by atoms with Crippen LogP contribution in [0.5, 0.6) is 0 Å². The topological polar surface area (TPSA) is 150 Å². The number of amides is 2. The number of aliphatic hydroxyl groups is 1. The van der Waals surface area contributed by atoms with E-state index in [1.54, 1.807) is 12.1 Å². The molecule has 1 aromatic carbocycles. The molecule has 0 saturated heterocycles. The fraction of sp³-hybridized carbons (Fsp3) is 0.692. The molecule has 1 rings (SSSR count). The second-order valence-electron chi connectivity index (χ2n) is 12.5. The van der Waals surface area contributed by atoms with Crippen LogP contribution in [-0.4, -0.2) is 100.0 Å². The van der Waals surface area contributed by atoms with Crippen LogP contribution in [-0.2, 0) is 19.7 Å². The van der Waals surface area contributed by atoms with Crippen LogP contribution in [0.15, 0.2) is 29.2 Å². The Bertz CT molecular complexity index is 1020. The van der Waals surface area contributed by atoms with Crippen molar-refractivity contribution in [2.45, 2.75) is 57.0 Å². The fourth-order valence-corrected chi connectivity index (χ4v) is 5.10. The summed E-state index contributed by atoms with van der Waals surface area (Å²) in [6, 6.07) is 5.63. The number of carbonyl (C=O) groups is 2. The number of nitrogens with two attached hydrogens (primary N) is 1. The molecule has 212 valence electrons. The van der Waals surface area contributed by atoms with Crippen molar-refractivity contribution >= 4 is 21.9 Å². The zero-order chi connectivity index (χ0) is 28.8.